The van der Waals surface area contributed by atoms with E-state index in [1.165, 1.54) is 0 Å². The summed E-state index contributed by atoms with van der Waals surface area (Å²) in [6, 6.07) is 0.334. The average molecular weight is 214 g/mol. The van der Waals surface area contributed by atoms with Crippen LogP contribution in [0, 0.1) is 5.92 Å². The molecular formula is C11H22N2O2. The number of nitrogens with one attached hydrogen (secondary N) is 1. The second-order valence-electron chi connectivity index (χ2n) is 5.13. The molecule has 1 heterocycles. The van der Waals surface area contributed by atoms with Gasteiger partial charge >= 0.3 is 5.97 Å². The van der Waals surface area contributed by atoms with Crippen molar-refractivity contribution in [1.29, 1.82) is 0 Å². The SMILES string of the molecule is CC(C)CNC1(C(=O)O)CC(C)N(C)C1. The van der Waals surface area contributed by atoms with Crippen LogP contribution in [0.2, 0.25) is 0 Å². The topological polar surface area (TPSA) is 52.6 Å². The fraction of sp³-hybridized carbons (Fsp3) is 0.909. The van der Waals surface area contributed by atoms with Gasteiger partial charge in [0.15, 0.2) is 0 Å². The Hall–Kier alpha value is -0.610. The predicted octanol–water partition coefficient (Wildman–Crippen LogP) is 0.779. The first kappa shape index (κ1) is 12.5. The lowest BCUT2D eigenvalue weighted by molar-refractivity contribution is -0.144. The highest BCUT2D eigenvalue weighted by Gasteiger charge is 2.46. The van der Waals surface area contributed by atoms with Gasteiger partial charge in [-0.25, -0.2) is 0 Å². The molecule has 1 saturated heterocycles. The minimum Gasteiger partial charge on any atom is -0.480 e. The van der Waals surface area contributed by atoms with Gasteiger partial charge in [-0.1, -0.05) is 13.8 Å². The molecule has 15 heavy (non-hydrogen) atoms. The Balaban J connectivity index is 2.69. The van der Waals surface area contributed by atoms with Crippen molar-refractivity contribution in [1.82, 2.24) is 10.2 Å². The maximum atomic E-state index is 11.3. The second kappa shape index (κ2) is 4.49. The third-order valence-electron chi connectivity index (χ3n) is 3.17. The van der Waals surface area contributed by atoms with Crippen LogP contribution >= 0.6 is 0 Å². The average Bonchev–Trinajstić information content (AvgIpc) is 2.41. The smallest absolute Gasteiger partial charge is 0.325 e. The normalized spacial score (nSPS) is 32.5. The van der Waals surface area contributed by atoms with Crippen LogP contribution in [0.1, 0.15) is 27.2 Å². The number of likely N-dealkylation sites (N-methyl/N-ethyl adjacent to an activating group) is 1. The number of aliphatic carboxylic acids is 1. The van der Waals surface area contributed by atoms with E-state index in [1.54, 1.807) is 0 Å². The Labute approximate surface area is 91.6 Å². The molecular weight excluding hydrogens is 192 g/mol. The first-order valence-electron chi connectivity index (χ1n) is 5.56. The standard InChI is InChI=1S/C11H22N2O2/c1-8(2)6-12-11(10(14)15)5-9(3)13(4)7-11/h8-9,12H,5-7H2,1-4H3,(H,14,15). The van der Waals surface area contributed by atoms with Crippen LogP contribution in [-0.4, -0.2) is 47.7 Å². The molecule has 0 aliphatic carbocycles. The Morgan fingerprint density at radius 1 is 1.67 bits per heavy atom. The summed E-state index contributed by atoms with van der Waals surface area (Å²) in [6.07, 6.45) is 0.686. The highest BCUT2D eigenvalue weighted by Crippen LogP contribution is 2.26. The molecule has 4 nitrogen and oxygen atoms in total. The van der Waals surface area contributed by atoms with Gasteiger partial charge in [-0.2, -0.15) is 0 Å². The molecule has 0 bridgehead atoms. The summed E-state index contributed by atoms with van der Waals surface area (Å²) in [5.41, 5.74) is -0.738. The van der Waals surface area contributed by atoms with Crippen molar-refractivity contribution in [3.8, 4) is 0 Å². The minimum absolute atomic E-state index is 0.334. The lowest BCUT2D eigenvalue weighted by atomic mass is 9.95. The Morgan fingerprint density at radius 2 is 2.27 bits per heavy atom. The summed E-state index contributed by atoms with van der Waals surface area (Å²) in [7, 11) is 1.98. The molecule has 0 aromatic heterocycles. The third kappa shape index (κ3) is 2.69. The largest absolute Gasteiger partial charge is 0.480 e. The summed E-state index contributed by atoms with van der Waals surface area (Å²) in [5.74, 6) is -0.248. The van der Waals surface area contributed by atoms with Crippen LogP contribution in [0.5, 0.6) is 0 Å². The molecule has 0 aromatic carbocycles. The molecule has 88 valence electrons. The Morgan fingerprint density at radius 3 is 2.60 bits per heavy atom. The van der Waals surface area contributed by atoms with E-state index in [9.17, 15) is 9.90 Å². The van der Waals surface area contributed by atoms with Crippen LogP contribution in [0.25, 0.3) is 0 Å². The van der Waals surface area contributed by atoms with Gasteiger partial charge in [-0.3, -0.25) is 4.79 Å². The first-order chi connectivity index (χ1) is 6.87. The number of rotatable bonds is 4. The molecule has 0 saturated carbocycles. The fourth-order valence-electron chi connectivity index (χ4n) is 2.06. The van der Waals surface area contributed by atoms with Gasteiger partial charge in [0.25, 0.3) is 0 Å². The van der Waals surface area contributed by atoms with E-state index >= 15 is 0 Å². The number of carbonyl (C=O) groups is 1. The monoisotopic (exact) mass is 214 g/mol. The lowest BCUT2D eigenvalue weighted by Gasteiger charge is -2.26. The van der Waals surface area contributed by atoms with Crippen LogP contribution in [0.3, 0.4) is 0 Å². The molecule has 2 atom stereocenters. The molecule has 1 rings (SSSR count). The van der Waals surface area contributed by atoms with E-state index in [0.29, 0.717) is 24.9 Å². The van der Waals surface area contributed by atoms with Gasteiger partial charge in [0, 0.05) is 12.6 Å². The molecule has 1 aliphatic rings. The lowest BCUT2D eigenvalue weighted by Crippen LogP contribution is -2.54. The van der Waals surface area contributed by atoms with Crippen molar-refractivity contribution >= 4 is 5.97 Å². The van der Waals surface area contributed by atoms with Crippen LogP contribution < -0.4 is 5.32 Å². The zero-order chi connectivity index (χ0) is 11.6. The predicted molar refractivity (Wildman–Crippen MR) is 59.9 cm³/mol. The van der Waals surface area contributed by atoms with Crippen molar-refractivity contribution < 1.29 is 9.90 Å². The van der Waals surface area contributed by atoms with E-state index in [4.69, 9.17) is 0 Å². The number of hydrogen-bond donors (Lipinski definition) is 2. The van der Waals surface area contributed by atoms with Gasteiger partial charge in [-0.05, 0) is 32.9 Å². The molecule has 0 spiro atoms. The van der Waals surface area contributed by atoms with Gasteiger partial charge in [-0.15, -0.1) is 0 Å². The number of likely N-dealkylation sites (tertiary alicyclic amines) is 1. The summed E-state index contributed by atoms with van der Waals surface area (Å²) < 4.78 is 0. The quantitative estimate of drug-likeness (QED) is 0.726. The Kier molecular flexibility index (Phi) is 3.73. The van der Waals surface area contributed by atoms with Gasteiger partial charge < -0.3 is 15.3 Å². The Bertz CT molecular complexity index is 231. The molecule has 4 heteroatoms. The van der Waals surface area contributed by atoms with Crippen LogP contribution in [-0.2, 0) is 4.79 Å². The fourth-order valence-corrected chi connectivity index (χ4v) is 2.06. The van der Waals surface area contributed by atoms with E-state index in [1.807, 2.05) is 7.05 Å². The number of nitrogens with zero attached hydrogens (tertiary/aromatic N) is 1. The van der Waals surface area contributed by atoms with E-state index < -0.39 is 11.5 Å². The van der Waals surface area contributed by atoms with Crippen LogP contribution in [0.4, 0.5) is 0 Å². The molecule has 0 radical (unpaired) electrons. The molecule has 1 fully saturated rings. The molecule has 0 aromatic rings. The van der Waals surface area contributed by atoms with Gasteiger partial charge in [0.1, 0.15) is 5.54 Å². The molecule has 2 unspecified atom stereocenters. The van der Waals surface area contributed by atoms with Crippen molar-refractivity contribution in [2.75, 3.05) is 20.1 Å². The molecule has 1 aliphatic heterocycles. The first-order valence-corrected chi connectivity index (χ1v) is 5.56. The summed E-state index contributed by atoms with van der Waals surface area (Å²) >= 11 is 0. The number of carboxylic acids is 1. The van der Waals surface area contributed by atoms with E-state index in [0.717, 1.165) is 6.54 Å². The van der Waals surface area contributed by atoms with Crippen molar-refractivity contribution in [3.63, 3.8) is 0 Å². The van der Waals surface area contributed by atoms with Gasteiger partial charge in [0.05, 0.1) is 0 Å². The summed E-state index contributed by atoms with van der Waals surface area (Å²) in [5, 5.41) is 12.5. The number of hydrogen-bond acceptors (Lipinski definition) is 3. The second-order valence-corrected chi connectivity index (χ2v) is 5.13. The van der Waals surface area contributed by atoms with Crippen molar-refractivity contribution in [2.45, 2.75) is 38.8 Å². The summed E-state index contributed by atoms with van der Waals surface area (Å²) in [6.45, 7) is 7.60. The molecule has 0 amide bonds. The molecule has 2 N–H and O–H groups in total. The number of carboxylic acid groups (broad SMARTS) is 1. The van der Waals surface area contributed by atoms with E-state index in [2.05, 4.69) is 31.0 Å². The third-order valence-corrected chi connectivity index (χ3v) is 3.17. The van der Waals surface area contributed by atoms with Crippen molar-refractivity contribution in [2.24, 2.45) is 5.92 Å². The van der Waals surface area contributed by atoms with Gasteiger partial charge in [0.2, 0.25) is 0 Å². The zero-order valence-corrected chi connectivity index (χ0v) is 10.1. The van der Waals surface area contributed by atoms with Crippen LogP contribution in [0.15, 0.2) is 0 Å². The highest BCUT2D eigenvalue weighted by molar-refractivity contribution is 5.79. The van der Waals surface area contributed by atoms with E-state index in [-0.39, 0.29) is 0 Å². The maximum Gasteiger partial charge on any atom is 0.325 e. The zero-order valence-electron chi connectivity index (χ0n) is 10.1. The van der Waals surface area contributed by atoms with Crippen molar-refractivity contribution in [3.05, 3.63) is 0 Å². The highest BCUT2D eigenvalue weighted by atomic mass is 16.4. The maximum absolute atomic E-state index is 11.3. The minimum atomic E-state index is -0.738. The summed E-state index contributed by atoms with van der Waals surface area (Å²) in [4.78, 5) is 13.4.